The van der Waals surface area contributed by atoms with E-state index >= 15 is 0 Å². The third kappa shape index (κ3) is 4.34. The average Bonchev–Trinajstić information content (AvgIpc) is 2.74. The summed E-state index contributed by atoms with van der Waals surface area (Å²) in [6.45, 7) is 9.35. The molecule has 1 amide bonds. The van der Waals surface area contributed by atoms with Gasteiger partial charge >= 0.3 is 0 Å². The lowest BCUT2D eigenvalue weighted by Crippen LogP contribution is -2.37. The van der Waals surface area contributed by atoms with E-state index in [1.807, 2.05) is 13.0 Å². The van der Waals surface area contributed by atoms with Gasteiger partial charge in [0.25, 0.3) is 5.91 Å². The van der Waals surface area contributed by atoms with E-state index in [9.17, 15) is 4.79 Å². The Labute approximate surface area is 105 Å². The van der Waals surface area contributed by atoms with Crippen LogP contribution in [-0.4, -0.2) is 19.2 Å². The van der Waals surface area contributed by atoms with Gasteiger partial charge in [-0.1, -0.05) is 12.7 Å². The topological polar surface area (TPSA) is 53.5 Å². The van der Waals surface area contributed by atoms with Crippen LogP contribution in [0.5, 0.6) is 0 Å². The minimum atomic E-state index is -0.148. The highest BCUT2D eigenvalue weighted by molar-refractivity contribution is 7.13. The highest BCUT2D eigenvalue weighted by atomic mass is 32.1. The maximum atomic E-state index is 11.6. The maximum Gasteiger partial charge on any atom is 0.275 e. The molecule has 1 heterocycles. The molecule has 17 heavy (non-hydrogen) atoms. The zero-order valence-corrected chi connectivity index (χ0v) is 10.5. The van der Waals surface area contributed by atoms with Crippen molar-refractivity contribution in [3.63, 3.8) is 0 Å². The minimum absolute atomic E-state index is 0.148. The largest absolute Gasteiger partial charge is 0.286 e. The number of rotatable bonds is 6. The highest BCUT2D eigenvalue weighted by Crippen LogP contribution is 2.14. The van der Waals surface area contributed by atoms with Crippen LogP contribution in [0, 0.1) is 6.92 Å². The van der Waals surface area contributed by atoms with E-state index in [0.29, 0.717) is 17.1 Å². The number of carbonyl (C=O) groups excluding carboxylic acids is 1. The Morgan fingerprint density at radius 1 is 1.59 bits per heavy atom. The van der Waals surface area contributed by atoms with Crippen LogP contribution in [0.2, 0.25) is 0 Å². The van der Waals surface area contributed by atoms with Crippen LogP contribution in [0.4, 0.5) is 0 Å². The molecule has 0 radical (unpaired) electrons. The third-order valence-electron chi connectivity index (χ3n) is 1.95. The summed E-state index contributed by atoms with van der Waals surface area (Å²) in [7, 11) is 0. The molecular weight excluding hydrogens is 234 g/mol. The van der Waals surface area contributed by atoms with Crippen molar-refractivity contribution >= 4 is 24.0 Å². The normalized spacial score (nSPS) is 11.0. The fourth-order valence-corrected chi connectivity index (χ4v) is 1.90. The second kappa shape index (κ2) is 6.78. The van der Waals surface area contributed by atoms with Gasteiger partial charge in [0.05, 0.1) is 17.1 Å². The fourth-order valence-electron chi connectivity index (χ4n) is 1.14. The van der Waals surface area contributed by atoms with Gasteiger partial charge in [-0.2, -0.15) is 0 Å². The number of hydrogen-bond acceptors (Lipinski definition) is 4. The second-order valence-corrected chi connectivity index (χ2v) is 4.56. The zero-order valence-electron chi connectivity index (χ0n) is 9.69. The van der Waals surface area contributed by atoms with Crippen molar-refractivity contribution in [3.8, 4) is 0 Å². The lowest BCUT2D eigenvalue weighted by atomic mass is 10.4. The molecule has 0 aliphatic carbocycles. The Morgan fingerprint density at radius 3 is 2.88 bits per heavy atom. The molecule has 0 atom stereocenters. The number of carbonyl (C=O) groups is 1. The van der Waals surface area contributed by atoms with Gasteiger partial charge in [-0.15, -0.1) is 11.3 Å². The van der Waals surface area contributed by atoms with E-state index in [2.05, 4.69) is 29.1 Å². The van der Waals surface area contributed by atoms with Crippen LogP contribution in [0.15, 0.2) is 41.6 Å². The summed E-state index contributed by atoms with van der Waals surface area (Å²) in [6.07, 6.45) is 3.34. The van der Waals surface area contributed by atoms with Crippen molar-refractivity contribution in [2.45, 2.75) is 6.92 Å². The average molecular weight is 249 g/mol. The van der Waals surface area contributed by atoms with Crippen molar-refractivity contribution in [3.05, 3.63) is 46.3 Å². The molecule has 4 nitrogen and oxygen atoms in total. The number of aliphatic imine (C=N–C) groups is 1. The molecule has 2 N–H and O–H groups in total. The first kappa shape index (κ1) is 13.3. The summed E-state index contributed by atoms with van der Waals surface area (Å²) in [5.74, 6) is -0.148. The van der Waals surface area contributed by atoms with Gasteiger partial charge in [-0.25, -0.2) is 5.43 Å². The number of aryl methyl sites for hydroxylation is 1. The monoisotopic (exact) mass is 249 g/mol. The molecule has 0 saturated heterocycles. The summed E-state index contributed by atoms with van der Waals surface area (Å²) in [4.78, 5) is 17.2. The van der Waals surface area contributed by atoms with Crippen molar-refractivity contribution in [2.24, 2.45) is 4.99 Å². The molecule has 0 bridgehead atoms. The number of amides is 1. The van der Waals surface area contributed by atoms with Gasteiger partial charge in [0, 0.05) is 4.88 Å². The molecule has 0 unspecified atom stereocenters. The molecule has 0 saturated carbocycles. The number of hydrogen-bond donors (Lipinski definition) is 2. The minimum Gasteiger partial charge on any atom is -0.286 e. The van der Waals surface area contributed by atoms with E-state index in [1.165, 1.54) is 11.3 Å². The second-order valence-electron chi connectivity index (χ2n) is 3.27. The summed E-state index contributed by atoms with van der Waals surface area (Å²) in [5, 5.41) is 0. The Kier molecular flexibility index (Phi) is 5.32. The first-order chi connectivity index (χ1) is 8.17. The summed E-state index contributed by atoms with van der Waals surface area (Å²) in [5.41, 5.74) is 6.09. The van der Waals surface area contributed by atoms with E-state index in [-0.39, 0.29) is 5.91 Å². The Bertz CT molecular complexity index is 448. The molecule has 1 aromatic heterocycles. The van der Waals surface area contributed by atoms with Crippen molar-refractivity contribution < 1.29 is 4.79 Å². The third-order valence-corrected chi connectivity index (χ3v) is 2.95. The molecule has 0 aliphatic rings. The van der Waals surface area contributed by atoms with Crippen LogP contribution in [0.1, 0.15) is 14.5 Å². The van der Waals surface area contributed by atoms with Crippen molar-refractivity contribution in [1.82, 2.24) is 10.9 Å². The van der Waals surface area contributed by atoms with Crippen molar-refractivity contribution in [2.75, 3.05) is 6.54 Å². The zero-order chi connectivity index (χ0) is 12.7. The molecule has 0 aromatic carbocycles. The molecular formula is C12H15N3OS. The smallest absolute Gasteiger partial charge is 0.275 e. The summed E-state index contributed by atoms with van der Waals surface area (Å²) < 4.78 is 0. The molecule has 0 spiro atoms. The number of hydrazine groups is 1. The summed E-state index contributed by atoms with van der Waals surface area (Å²) in [6, 6.07) is 3.71. The quantitative estimate of drug-likeness (QED) is 0.460. The van der Waals surface area contributed by atoms with E-state index in [0.717, 1.165) is 4.88 Å². The Balaban J connectivity index is 2.41. The van der Waals surface area contributed by atoms with E-state index in [4.69, 9.17) is 0 Å². The number of allylic oxidation sites excluding steroid dienone is 2. The molecule has 90 valence electrons. The predicted octanol–water partition coefficient (Wildman–Crippen LogP) is 2.06. The fraction of sp³-hybridized carbons (Fsp3) is 0.167. The Hall–Kier alpha value is -1.72. The van der Waals surface area contributed by atoms with Crippen LogP contribution >= 0.6 is 11.3 Å². The van der Waals surface area contributed by atoms with Crippen LogP contribution in [-0.2, 0) is 0 Å². The highest BCUT2D eigenvalue weighted by Gasteiger charge is 2.06. The van der Waals surface area contributed by atoms with Gasteiger partial charge in [0.15, 0.2) is 0 Å². The molecule has 1 rings (SSSR count). The number of thiophene rings is 1. The van der Waals surface area contributed by atoms with E-state index < -0.39 is 0 Å². The van der Waals surface area contributed by atoms with Gasteiger partial charge < -0.3 is 0 Å². The predicted molar refractivity (Wildman–Crippen MR) is 72.4 cm³/mol. The lowest BCUT2D eigenvalue weighted by Gasteiger charge is -2.05. The van der Waals surface area contributed by atoms with Gasteiger partial charge in [-0.3, -0.25) is 15.2 Å². The maximum absolute atomic E-state index is 11.6. The van der Waals surface area contributed by atoms with Crippen LogP contribution < -0.4 is 10.9 Å². The van der Waals surface area contributed by atoms with Crippen LogP contribution in [0.3, 0.4) is 0 Å². The standard InChI is InChI=1S/C12H15N3OS/c1-4-5-10(13-3)8-14-15-12(16)11-7-6-9(2)17-11/h4-7,14H,1,3,8H2,2H3,(H,15,16)/b10-5-. The number of nitrogens with zero attached hydrogens (tertiary/aromatic N) is 1. The molecule has 0 fully saturated rings. The van der Waals surface area contributed by atoms with Crippen LogP contribution in [0.25, 0.3) is 0 Å². The Morgan fingerprint density at radius 2 is 2.35 bits per heavy atom. The SMILES string of the molecule is C=C/C=C(/CNNC(=O)c1ccc(C)s1)N=C. The van der Waals surface area contributed by atoms with E-state index in [1.54, 1.807) is 18.2 Å². The van der Waals surface area contributed by atoms with Gasteiger partial charge in [-0.05, 0) is 31.9 Å². The van der Waals surface area contributed by atoms with Gasteiger partial charge in [0.2, 0.25) is 0 Å². The number of nitrogens with one attached hydrogen (secondary N) is 2. The van der Waals surface area contributed by atoms with Gasteiger partial charge in [0.1, 0.15) is 0 Å². The lowest BCUT2D eigenvalue weighted by molar-refractivity contribution is 0.0939. The molecule has 5 heteroatoms. The van der Waals surface area contributed by atoms with Crippen molar-refractivity contribution in [1.29, 1.82) is 0 Å². The first-order valence-electron chi connectivity index (χ1n) is 5.05. The molecule has 0 aliphatic heterocycles. The summed E-state index contributed by atoms with van der Waals surface area (Å²) >= 11 is 1.45. The first-order valence-corrected chi connectivity index (χ1v) is 5.87. The molecule has 1 aromatic rings.